The summed E-state index contributed by atoms with van der Waals surface area (Å²) in [5.41, 5.74) is 9.19. The van der Waals surface area contributed by atoms with E-state index in [0.717, 1.165) is 31.7 Å². The van der Waals surface area contributed by atoms with Crippen LogP contribution in [0.1, 0.15) is 4.88 Å². The SMILES string of the molecule is N/C(=N\c1sc(-c2ccccc2)nc1-c1ccccc1)c1cccs1. The molecule has 122 valence electrons. The zero-order valence-electron chi connectivity index (χ0n) is 13.3. The van der Waals surface area contributed by atoms with E-state index >= 15 is 0 Å². The monoisotopic (exact) mass is 361 g/mol. The van der Waals surface area contributed by atoms with Crippen LogP contribution in [0.4, 0.5) is 5.00 Å². The van der Waals surface area contributed by atoms with Gasteiger partial charge in [0.25, 0.3) is 0 Å². The maximum absolute atomic E-state index is 6.21. The molecular weight excluding hydrogens is 346 g/mol. The maximum atomic E-state index is 6.21. The Hall–Kier alpha value is -2.76. The van der Waals surface area contributed by atoms with E-state index in [1.165, 1.54) is 0 Å². The minimum atomic E-state index is 0.524. The number of hydrogen-bond acceptors (Lipinski definition) is 4. The van der Waals surface area contributed by atoms with Crippen LogP contribution in [-0.4, -0.2) is 10.8 Å². The van der Waals surface area contributed by atoms with Gasteiger partial charge in [0.2, 0.25) is 0 Å². The molecule has 0 aliphatic rings. The topological polar surface area (TPSA) is 51.3 Å². The zero-order chi connectivity index (χ0) is 17.1. The van der Waals surface area contributed by atoms with E-state index in [4.69, 9.17) is 10.7 Å². The molecule has 4 rings (SSSR count). The molecule has 0 bridgehead atoms. The molecule has 25 heavy (non-hydrogen) atoms. The summed E-state index contributed by atoms with van der Waals surface area (Å²) in [5, 5.41) is 3.77. The van der Waals surface area contributed by atoms with E-state index in [0.29, 0.717) is 5.84 Å². The Morgan fingerprint density at radius 2 is 1.52 bits per heavy atom. The van der Waals surface area contributed by atoms with Crippen molar-refractivity contribution >= 4 is 33.5 Å². The highest BCUT2D eigenvalue weighted by atomic mass is 32.1. The second-order valence-corrected chi connectivity index (χ2v) is 7.30. The van der Waals surface area contributed by atoms with Crippen LogP contribution < -0.4 is 5.73 Å². The number of amidine groups is 1. The van der Waals surface area contributed by atoms with Gasteiger partial charge in [0, 0.05) is 11.1 Å². The highest BCUT2D eigenvalue weighted by molar-refractivity contribution is 7.19. The predicted octanol–water partition coefficient (Wildman–Crippen LogP) is 5.58. The zero-order valence-corrected chi connectivity index (χ0v) is 14.9. The minimum absolute atomic E-state index is 0.524. The number of nitrogens with two attached hydrogens (primary N) is 1. The van der Waals surface area contributed by atoms with Crippen LogP contribution in [0.15, 0.2) is 83.2 Å². The third kappa shape index (κ3) is 3.38. The highest BCUT2D eigenvalue weighted by Gasteiger charge is 2.15. The van der Waals surface area contributed by atoms with Gasteiger partial charge in [-0.25, -0.2) is 9.98 Å². The first-order chi connectivity index (χ1) is 12.3. The van der Waals surface area contributed by atoms with E-state index in [1.54, 1.807) is 22.7 Å². The summed E-state index contributed by atoms with van der Waals surface area (Å²) in [5.74, 6) is 0.524. The molecule has 0 aliphatic carbocycles. The summed E-state index contributed by atoms with van der Waals surface area (Å²) in [6.45, 7) is 0. The first-order valence-electron chi connectivity index (χ1n) is 7.81. The maximum Gasteiger partial charge on any atom is 0.146 e. The van der Waals surface area contributed by atoms with E-state index in [-0.39, 0.29) is 0 Å². The van der Waals surface area contributed by atoms with Gasteiger partial charge in [-0.1, -0.05) is 78.1 Å². The Labute approximate surface area is 154 Å². The number of rotatable bonds is 4. The van der Waals surface area contributed by atoms with Gasteiger partial charge in [-0.3, -0.25) is 0 Å². The van der Waals surface area contributed by atoms with Crippen molar-refractivity contribution in [3.63, 3.8) is 0 Å². The minimum Gasteiger partial charge on any atom is -0.382 e. The smallest absolute Gasteiger partial charge is 0.146 e. The lowest BCUT2D eigenvalue weighted by Gasteiger charge is -1.99. The number of hydrogen-bond donors (Lipinski definition) is 1. The predicted molar refractivity (Wildman–Crippen MR) is 108 cm³/mol. The lowest BCUT2D eigenvalue weighted by Crippen LogP contribution is -2.10. The highest BCUT2D eigenvalue weighted by Crippen LogP contribution is 2.40. The molecular formula is C20H15N3S2. The molecule has 0 saturated heterocycles. The third-order valence-electron chi connectivity index (χ3n) is 3.67. The second kappa shape index (κ2) is 7.01. The molecule has 2 heterocycles. The second-order valence-electron chi connectivity index (χ2n) is 5.38. The molecule has 2 aromatic heterocycles. The molecule has 0 fully saturated rings. The molecule has 0 atom stereocenters. The van der Waals surface area contributed by atoms with Crippen molar-refractivity contribution in [3.05, 3.63) is 83.1 Å². The van der Waals surface area contributed by atoms with Crippen LogP contribution in [0.5, 0.6) is 0 Å². The van der Waals surface area contributed by atoms with Gasteiger partial charge < -0.3 is 5.73 Å². The summed E-state index contributed by atoms with van der Waals surface area (Å²) in [7, 11) is 0. The summed E-state index contributed by atoms with van der Waals surface area (Å²) < 4.78 is 0. The summed E-state index contributed by atoms with van der Waals surface area (Å²) >= 11 is 3.14. The van der Waals surface area contributed by atoms with Crippen LogP contribution in [0.25, 0.3) is 21.8 Å². The van der Waals surface area contributed by atoms with Gasteiger partial charge in [0.15, 0.2) is 0 Å². The summed E-state index contributed by atoms with van der Waals surface area (Å²) in [6.07, 6.45) is 0. The standard InChI is InChI=1S/C20H15N3S2/c21-18(16-12-7-13-24-16)23-20-17(14-8-3-1-4-9-14)22-19(25-20)15-10-5-2-6-11-15/h1-13H,(H2,21,23). The van der Waals surface area contributed by atoms with Gasteiger partial charge in [-0.15, -0.1) is 11.3 Å². The molecule has 4 aromatic rings. The van der Waals surface area contributed by atoms with Crippen molar-refractivity contribution < 1.29 is 0 Å². The van der Waals surface area contributed by atoms with Crippen molar-refractivity contribution in [2.45, 2.75) is 0 Å². The van der Waals surface area contributed by atoms with Gasteiger partial charge in [-0.2, -0.15) is 0 Å². The molecule has 0 amide bonds. The van der Waals surface area contributed by atoms with Crippen molar-refractivity contribution in [3.8, 4) is 21.8 Å². The quantitative estimate of drug-likeness (QED) is 0.381. The normalized spacial score (nSPS) is 11.6. The molecule has 0 saturated carbocycles. The number of aromatic nitrogens is 1. The first-order valence-corrected chi connectivity index (χ1v) is 9.50. The molecule has 0 spiro atoms. The number of thiophene rings is 1. The van der Waals surface area contributed by atoms with Crippen LogP contribution in [0.3, 0.4) is 0 Å². The number of thiazole rings is 1. The van der Waals surface area contributed by atoms with Crippen molar-refractivity contribution in [2.75, 3.05) is 0 Å². The Balaban J connectivity index is 1.84. The van der Waals surface area contributed by atoms with Crippen molar-refractivity contribution in [1.82, 2.24) is 4.98 Å². The molecule has 3 nitrogen and oxygen atoms in total. The third-order valence-corrected chi connectivity index (χ3v) is 5.56. The fourth-order valence-electron chi connectivity index (χ4n) is 2.46. The van der Waals surface area contributed by atoms with E-state index < -0.39 is 0 Å². The van der Waals surface area contributed by atoms with Gasteiger partial charge in [0.05, 0.1) is 4.88 Å². The molecule has 2 aromatic carbocycles. The summed E-state index contributed by atoms with van der Waals surface area (Å²) in [6, 6.07) is 24.2. The first kappa shape index (κ1) is 15.7. The fourth-order valence-corrected chi connectivity index (χ4v) is 4.07. The van der Waals surface area contributed by atoms with Gasteiger partial charge in [0.1, 0.15) is 21.5 Å². The van der Waals surface area contributed by atoms with Crippen LogP contribution >= 0.6 is 22.7 Å². The van der Waals surface area contributed by atoms with E-state index in [1.807, 2.05) is 66.0 Å². The fraction of sp³-hybridized carbons (Fsp3) is 0. The average Bonchev–Trinajstić information content (AvgIpc) is 3.33. The van der Waals surface area contributed by atoms with E-state index in [9.17, 15) is 0 Å². The van der Waals surface area contributed by atoms with Crippen LogP contribution in [-0.2, 0) is 0 Å². The van der Waals surface area contributed by atoms with E-state index in [2.05, 4.69) is 17.1 Å². The number of benzene rings is 2. The molecule has 0 aliphatic heterocycles. The molecule has 5 heteroatoms. The Morgan fingerprint density at radius 3 is 2.16 bits per heavy atom. The summed E-state index contributed by atoms with van der Waals surface area (Å²) in [4.78, 5) is 10.5. The largest absolute Gasteiger partial charge is 0.382 e. The lowest BCUT2D eigenvalue weighted by molar-refractivity contribution is 1.38. The van der Waals surface area contributed by atoms with Gasteiger partial charge >= 0.3 is 0 Å². The van der Waals surface area contributed by atoms with Crippen molar-refractivity contribution in [2.24, 2.45) is 10.7 Å². The Kier molecular flexibility index (Phi) is 4.41. The molecule has 2 N–H and O–H groups in total. The molecule has 0 unspecified atom stereocenters. The van der Waals surface area contributed by atoms with Crippen LogP contribution in [0.2, 0.25) is 0 Å². The Bertz CT molecular complexity index is 988. The Morgan fingerprint density at radius 1 is 0.840 bits per heavy atom. The van der Waals surface area contributed by atoms with Crippen molar-refractivity contribution in [1.29, 1.82) is 0 Å². The molecule has 0 radical (unpaired) electrons. The number of nitrogens with zero attached hydrogens (tertiary/aromatic N) is 2. The lowest BCUT2D eigenvalue weighted by atomic mass is 10.1. The van der Waals surface area contributed by atoms with Gasteiger partial charge in [-0.05, 0) is 11.4 Å². The number of aliphatic imine (C=N–C) groups is 1. The average molecular weight is 361 g/mol. The van der Waals surface area contributed by atoms with Crippen LogP contribution in [0, 0.1) is 0 Å².